The van der Waals surface area contributed by atoms with E-state index in [1.807, 2.05) is 0 Å². The van der Waals surface area contributed by atoms with Gasteiger partial charge in [0.2, 0.25) is 15.9 Å². The van der Waals surface area contributed by atoms with Crippen LogP contribution in [-0.4, -0.2) is 70.4 Å². The third-order valence-corrected chi connectivity index (χ3v) is 10.2. The highest BCUT2D eigenvalue weighted by Gasteiger charge is 2.53. The van der Waals surface area contributed by atoms with Gasteiger partial charge in [0.15, 0.2) is 11.5 Å². The minimum Gasteiger partial charge on any atom is -0.395 e. The Balaban J connectivity index is 1.53. The summed E-state index contributed by atoms with van der Waals surface area (Å²) in [6, 6.07) is 7.35. The van der Waals surface area contributed by atoms with Gasteiger partial charge in [-0.3, -0.25) is 18.9 Å². The Labute approximate surface area is 326 Å². The lowest BCUT2D eigenvalue weighted by atomic mass is 9.94. The van der Waals surface area contributed by atoms with Gasteiger partial charge in [0.25, 0.3) is 5.92 Å². The Morgan fingerprint density at radius 1 is 1.14 bits per heavy atom. The van der Waals surface area contributed by atoms with Crippen molar-refractivity contribution in [2.45, 2.75) is 43.4 Å². The lowest BCUT2D eigenvalue weighted by Gasteiger charge is -2.25. The van der Waals surface area contributed by atoms with Gasteiger partial charge in [-0.15, -0.1) is 6.58 Å². The second-order valence-electron chi connectivity index (χ2n) is 13.5. The molecule has 2 aromatic carbocycles. The molecule has 1 amide bonds. The zero-order chi connectivity index (χ0) is 41.8. The number of aliphatic hydroxyl groups excluding tert-OH is 1. The molecule has 0 saturated heterocycles. The number of rotatable bonds is 13. The average molecular weight is 843 g/mol. The Hall–Kier alpha value is -5.21. The van der Waals surface area contributed by atoms with Gasteiger partial charge in [-0.05, 0) is 42.3 Å². The molecule has 0 fully saturated rings. The van der Waals surface area contributed by atoms with Crippen LogP contribution < -0.4 is 14.9 Å². The number of pyridine rings is 1. The number of nitrogens with zero attached hydrogens (tertiary/aromatic N) is 6. The number of carbonyl (C=O) groups is 1. The van der Waals surface area contributed by atoms with Crippen molar-refractivity contribution in [1.29, 1.82) is 0 Å². The summed E-state index contributed by atoms with van der Waals surface area (Å²) in [4.78, 5) is 20.2. The zero-order valence-corrected chi connectivity index (χ0v) is 31.9. The Kier molecular flexibility index (Phi) is 11.1. The molecule has 2 atom stereocenters. The van der Waals surface area contributed by atoms with Crippen LogP contribution in [0.2, 0.25) is 5.02 Å². The third-order valence-electron chi connectivity index (χ3n) is 9.30. The first kappa shape index (κ1) is 41.4. The number of sulfonamides is 1. The van der Waals surface area contributed by atoms with E-state index in [1.54, 1.807) is 30.1 Å². The van der Waals surface area contributed by atoms with E-state index in [-0.39, 0.29) is 57.5 Å². The predicted molar refractivity (Wildman–Crippen MR) is 197 cm³/mol. The number of benzene rings is 2. The summed E-state index contributed by atoms with van der Waals surface area (Å²) < 4.78 is 130. The van der Waals surface area contributed by atoms with Gasteiger partial charge in [0.1, 0.15) is 29.7 Å². The van der Waals surface area contributed by atoms with E-state index >= 15 is 8.78 Å². The van der Waals surface area contributed by atoms with Crippen LogP contribution in [0.15, 0.2) is 55.1 Å². The summed E-state index contributed by atoms with van der Waals surface area (Å²) in [5.41, 5.74) is -2.62. The maximum atomic E-state index is 15.3. The normalized spacial score (nSPS) is 15.8. The molecule has 3 heterocycles. The van der Waals surface area contributed by atoms with Crippen molar-refractivity contribution in [3.63, 3.8) is 0 Å². The van der Waals surface area contributed by atoms with E-state index in [0.29, 0.717) is 16.3 Å². The molecule has 0 unspecified atom stereocenters. The molecule has 12 nitrogen and oxygen atoms in total. The molecule has 3 N–H and O–H groups in total. The number of anilines is 2. The van der Waals surface area contributed by atoms with E-state index in [0.717, 1.165) is 24.5 Å². The van der Waals surface area contributed by atoms with Crippen molar-refractivity contribution in [2.75, 3.05) is 36.1 Å². The molecule has 0 radical (unpaired) electrons. The molecule has 3 aromatic heterocycles. The molecule has 304 valence electrons. The van der Waals surface area contributed by atoms with Crippen LogP contribution in [0.25, 0.3) is 22.0 Å². The zero-order valence-electron chi connectivity index (χ0n) is 30.3. The fourth-order valence-electron chi connectivity index (χ4n) is 7.05. The number of hydrogen-bond acceptors (Lipinski definition) is 8. The van der Waals surface area contributed by atoms with Crippen molar-refractivity contribution < 1.29 is 49.1 Å². The highest BCUT2D eigenvalue weighted by Crippen LogP contribution is 2.52. The lowest BCUT2D eigenvalue weighted by molar-refractivity contribution is -0.142. The molecule has 21 heteroatoms. The van der Waals surface area contributed by atoms with Crippen LogP contribution in [0.5, 0.6) is 0 Å². The summed E-state index contributed by atoms with van der Waals surface area (Å²) in [6.45, 7) is 2.05. The largest absolute Gasteiger partial charge is 0.435 e. The topological polar surface area (TPSA) is 147 Å². The second kappa shape index (κ2) is 15.3. The van der Waals surface area contributed by atoms with Crippen LogP contribution in [0, 0.1) is 11.6 Å². The maximum Gasteiger partial charge on any atom is 0.435 e. The van der Waals surface area contributed by atoms with Gasteiger partial charge in [-0.1, -0.05) is 23.7 Å². The van der Waals surface area contributed by atoms with Crippen LogP contribution in [-0.2, 0) is 46.9 Å². The Bertz CT molecular complexity index is 2490. The number of allylic oxidation sites excluding steroid dienone is 1. The number of carbonyl (C=O) groups excluding carboxylic acids is 1. The summed E-state index contributed by atoms with van der Waals surface area (Å²) in [5, 5.41) is 20.3. The van der Waals surface area contributed by atoms with E-state index in [1.165, 1.54) is 17.8 Å². The summed E-state index contributed by atoms with van der Waals surface area (Å²) in [5.74, 6) is -8.14. The monoisotopic (exact) mass is 842 g/mol. The number of hydrogen-bond donors (Lipinski definition) is 3. The number of alkyl halides is 5. The number of fused-ring (bicyclic) bond motifs is 2. The standard InChI is InChI=1S/C36H34ClF7N8O4S/c1-5-19-16-35(40,41)33-28(19)32(36(42,43)44)47-52(33)17-27(54)45-25(14-18-12-20(38)15-21(39)13-18)30-22(7-9-26(46-30)50(2)10-11-53)23-6-8-24(37)29-31(23)51(3)48-34(29)49-57(4,55)56/h5-9,12-13,15,19,25,53H,1,10-11,14,16-17H2,2-4H3,(H,45,54)(H,48,49)/t19-,25-/m0/s1. The van der Waals surface area contributed by atoms with Gasteiger partial charge in [0, 0.05) is 55.7 Å². The van der Waals surface area contributed by atoms with Crippen LogP contribution in [0.1, 0.15) is 46.6 Å². The number of nitrogens with one attached hydrogen (secondary N) is 2. The molecule has 0 bridgehead atoms. The molecule has 57 heavy (non-hydrogen) atoms. The van der Waals surface area contributed by atoms with Crippen LogP contribution >= 0.6 is 11.6 Å². The number of aliphatic hydroxyl groups is 1. The molecule has 0 saturated carbocycles. The van der Waals surface area contributed by atoms with Crippen LogP contribution in [0.4, 0.5) is 42.4 Å². The van der Waals surface area contributed by atoms with Crippen molar-refractivity contribution in [2.24, 2.45) is 7.05 Å². The smallest absolute Gasteiger partial charge is 0.395 e. The first-order chi connectivity index (χ1) is 26.6. The average Bonchev–Trinajstić information content (AvgIpc) is 3.73. The summed E-state index contributed by atoms with van der Waals surface area (Å²) in [7, 11) is -0.750. The number of amides is 1. The molecular formula is C36H34ClF7N8O4S. The minimum absolute atomic E-state index is 0.000729. The quantitative estimate of drug-likeness (QED) is 0.0907. The molecule has 5 aromatic rings. The highest BCUT2D eigenvalue weighted by molar-refractivity contribution is 7.92. The van der Waals surface area contributed by atoms with E-state index < -0.39 is 88.0 Å². The minimum atomic E-state index is -5.15. The maximum absolute atomic E-state index is 15.3. The van der Waals surface area contributed by atoms with Crippen molar-refractivity contribution in [3.05, 3.63) is 100.0 Å². The SMILES string of the molecule is C=C[C@H]1CC(F)(F)c2c1c(C(F)(F)F)nn2CC(=O)N[C@@H](Cc1cc(F)cc(F)c1)c1nc(N(C)CCO)ccc1-c1ccc(Cl)c2c(NS(C)(=O)=O)nn(C)c12. The van der Waals surface area contributed by atoms with E-state index in [2.05, 4.69) is 26.8 Å². The van der Waals surface area contributed by atoms with Gasteiger partial charge >= 0.3 is 6.18 Å². The molecule has 1 aliphatic carbocycles. The van der Waals surface area contributed by atoms with Crippen molar-refractivity contribution in [1.82, 2.24) is 29.9 Å². The Morgan fingerprint density at radius 2 is 1.81 bits per heavy atom. The predicted octanol–water partition coefficient (Wildman–Crippen LogP) is 6.45. The van der Waals surface area contributed by atoms with Gasteiger partial charge in [0.05, 0.1) is 40.5 Å². The lowest BCUT2D eigenvalue weighted by Crippen LogP contribution is -2.35. The summed E-state index contributed by atoms with van der Waals surface area (Å²) >= 11 is 6.56. The first-order valence-corrected chi connectivity index (χ1v) is 19.3. The third kappa shape index (κ3) is 8.43. The first-order valence-electron chi connectivity index (χ1n) is 17.0. The van der Waals surface area contributed by atoms with Gasteiger partial charge < -0.3 is 15.3 Å². The second-order valence-corrected chi connectivity index (χ2v) is 15.7. The molecule has 1 aliphatic rings. The number of likely N-dealkylation sites (N-methyl/N-ethyl adjacent to an activating group) is 1. The van der Waals surface area contributed by atoms with E-state index in [4.69, 9.17) is 16.6 Å². The molecular weight excluding hydrogens is 809 g/mol. The van der Waals surface area contributed by atoms with E-state index in [9.17, 15) is 40.3 Å². The molecule has 6 rings (SSSR count). The fourth-order valence-corrected chi connectivity index (χ4v) is 7.78. The number of halogens is 8. The van der Waals surface area contributed by atoms with Crippen molar-refractivity contribution in [3.8, 4) is 11.1 Å². The Morgan fingerprint density at radius 3 is 2.42 bits per heavy atom. The number of aromatic nitrogens is 5. The van der Waals surface area contributed by atoms with Gasteiger partial charge in [-0.2, -0.15) is 32.1 Å². The molecule has 0 aliphatic heterocycles. The highest BCUT2D eigenvalue weighted by atomic mass is 35.5. The summed E-state index contributed by atoms with van der Waals surface area (Å²) in [6.07, 6.45) is -4.69. The van der Waals surface area contributed by atoms with Crippen molar-refractivity contribution >= 4 is 50.1 Å². The fraction of sp³-hybridized carbons (Fsp3) is 0.333. The number of aryl methyl sites for hydroxylation is 1. The van der Waals surface area contributed by atoms with Gasteiger partial charge in [-0.25, -0.2) is 22.2 Å². The van der Waals surface area contributed by atoms with Crippen LogP contribution in [0.3, 0.4) is 0 Å². The molecule has 0 spiro atoms.